The van der Waals surface area contributed by atoms with Crippen molar-refractivity contribution in [2.24, 2.45) is 10.9 Å². The van der Waals surface area contributed by atoms with Gasteiger partial charge in [-0.1, -0.05) is 67.9 Å². The lowest BCUT2D eigenvalue weighted by molar-refractivity contribution is 0.647. The van der Waals surface area contributed by atoms with E-state index in [0.29, 0.717) is 12.5 Å². The van der Waals surface area contributed by atoms with Gasteiger partial charge in [0.05, 0.1) is 5.71 Å². The first-order valence-electron chi connectivity index (χ1n) is 12.4. The van der Waals surface area contributed by atoms with Crippen LogP contribution in [0.15, 0.2) is 59.6 Å². The summed E-state index contributed by atoms with van der Waals surface area (Å²) in [7, 11) is 0. The maximum Gasteiger partial charge on any atom is 0.160 e. The number of hydrogen-bond acceptors (Lipinski definition) is 4. The van der Waals surface area contributed by atoms with E-state index in [2.05, 4.69) is 58.9 Å². The summed E-state index contributed by atoms with van der Waals surface area (Å²) in [5.41, 5.74) is 5.90. The average molecular weight is 503 g/mol. The number of fused-ring (bicyclic) bond motifs is 3. The average Bonchev–Trinajstić information content (AvgIpc) is 3.37. The Balaban J connectivity index is 1.33. The zero-order valence-electron chi connectivity index (χ0n) is 20.6. The fourth-order valence-corrected chi connectivity index (χ4v) is 6.21. The minimum atomic E-state index is 0.494. The highest BCUT2D eigenvalue weighted by Crippen LogP contribution is 2.35. The number of rotatable bonds is 8. The molecule has 2 aromatic heterocycles. The molecule has 0 bridgehead atoms. The van der Waals surface area contributed by atoms with Gasteiger partial charge in [-0.3, -0.25) is 9.56 Å². The maximum absolute atomic E-state index is 6.58. The molecule has 3 heterocycles. The van der Waals surface area contributed by atoms with E-state index in [1.54, 1.807) is 0 Å². The second-order valence-corrected chi connectivity index (χ2v) is 11.2. The van der Waals surface area contributed by atoms with Crippen LogP contribution in [0.1, 0.15) is 65.5 Å². The van der Waals surface area contributed by atoms with Gasteiger partial charge < -0.3 is 0 Å². The monoisotopic (exact) mass is 502 g/mol. The van der Waals surface area contributed by atoms with Crippen molar-refractivity contribution in [1.29, 1.82) is 0 Å². The van der Waals surface area contributed by atoms with Gasteiger partial charge in [0.25, 0.3) is 0 Å². The Kier molecular flexibility index (Phi) is 7.17. The molecule has 0 aliphatic carbocycles. The Hall–Kier alpha value is -2.76. The van der Waals surface area contributed by atoms with Crippen LogP contribution in [0.4, 0.5) is 0 Å². The smallest absolute Gasteiger partial charge is 0.160 e. The second kappa shape index (κ2) is 10.5. The van der Waals surface area contributed by atoms with Crippen molar-refractivity contribution in [3.05, 3.63) is 98.4 Å². The van der Waals surface area contributed by atoms with Crippen molar-refractivity contribution in [3.8, 4) is 5.00 Å². The van der Waals surface area contributed by atoms with Crippen LogP contribution in [-0.2, 0) is 25.8 Å². The van der Waals surface area contributed by atoms with E-state index < -0.39 is 0 Å². The molecule has 0 fully saturated rings. The number of halogens is 1. The normalized spacial score (nSPS) is 12.9. The summed E-state index contributed by atoms with van der Waals surface area (Å²) in [5.74, 6) is 2.47. The molecule has 0 spiro atoms. The summed E-state index contributed by atoms with van der Waals surface area (Å²) in [6.07, 6.45) is 5.65. The van der Waals surface area contributed by atoms with Gasteiger partial charge in [-0.05, 0) is 68.2 Å². The highest BCUT2D eigenvalue weighted by molar-refractivity contribution is 7.15. The van der Waals surface area contributed by atoms with E-state index in [1.165, 1.54) is 22.4 Å². The molecule has 35 heavy (non-hydrogen) atoms. The third-order valence-corrected chi connectivity index (χ3v) is 7.94. The zero-order chi connectivity index (χ0) is 24.4. The molecule has 180 valence electrons. The summed E-state index contributed by atoms with van der Waals surface area (Å²) >= 11 is 8.41. The van der Waals surface area contributed by atoms with Gasteiger partial charge in [-0.25, -0.2) is 0 Å². The molecule has 2 aromatic carbocycles. The number of unbranched alkanes of at least 4 members (excludes halogenated alkanes) is 1. The summed E-state index contributed by atoms with van der Waals surface area (Å²) in [4.78, 5) is 6.30. The first-order chi connectivity index (χ1) is 17.0. The highest BCUT2D eigenvalue weighted by atomic mass is 35.5. The molecular weight excluding hydrogens is 472 g/mol. The number of aliphatic imine (C=N–C) groups is 1. The Bertz CT molecular complexity index is 1350. The molecule has 0 saturated heterocycles. The van der Waals surface area contributed by atoms with Crippen LogP contribution in [0.3, 0.4) is 0 Å². The Labute approximate surface area is 216 Å². The van der Waals surface area contributed by atoms with Gasteiger partial charge in [-0.2, -0.15) is 0 Å². The van der Waals surface area contributed by atoms with Crippen LogP contribution in [0.2, 0.25) is 5.02 Å². The van der Waals surface area contributed by atoms with Crippen LogP contribution < -0.4 is 0 Å². The summed E-state index contributed by atoms with van der Waals surface area (Å²) < 4.78 is 2.16. The summed E-state index contributed by atoms with van der Waals surface area (Å²) in [6.45, 7) is 7.04. The number of aromatic nitrogens is 3. The third-order valence-electron chi connectivity index (χ3n) is 6.43. The Morgan fingerprint density at radius 2 is 1.69 bits per heavy atom. The van der Waals surface area contributed by atoms with E-state index in [4.69, 9.17) is 16.6 Å². The molecule has 5 rings (SSSR count). The van der Waals surface area contributed by atoms with Gasteiger partial charge in [0, 0.05) is 21.0 Å². The Morgan fingerprint density at radius 1 is 0.943 bits per heavy atom. The number of nitrogens with zero attached hydrogens (tertiary/aromatic N) is 4. The minimum absolute atomic E-state index is 0.494. The summed E-state index contributed by atoms with van der Waals surface area (Å²) in [6, 6.07) is 19.4. The van der Waals surface area contributed by atoms with Crippen molar-refractivity contribution in [2.75, 3.05) is 0 Å². The third kappa shape index (κ3) is 5.26. The molecule has 0 amide bonds. The predicted octanol–water partition coefficient (Wildman–Crippen LogP) is 7.41. The number of hydrogen-bond donors (Lipinski definition) is 0. The van der Waals surface area contributed by atoms with Crippen LogP contribution >= 0.6 is 22.9 Å². The van der Waals surface area contributed by atoms with Gasteiger partial charge in [0.15, 0.2) is 5.82 Å². The fraction of sp³-hybridized carbons (Fsp3) is 0.345. The molecule has 4 aromatic rings. The van der Waals surface area contributed by atoms with Crippen molar-refractivity contribution >= 4 is 28.6 Å². The van der Waals surface area contributed by atoms with Crippen molar-refractivity contribution in [3.63, 3.8) is 0 Å². The van der Waals surface area contributed by atoms with E-state index >= 15 is 0 Å². The van der Waals surface area contributed by atoms with Crippen molar-refractivity contribution < 1.29 is 0 Å². The SMILES string of the molecule is Cc1nnc2n1-c1sc(CCCCc3ccc(CC(C)C)cc3)cc1C(c1ccccc1Cl)=NC2. The Morgan fingerprint density at radius 3 is 2.46 bits per heavy atom. The van der Waals surface area contributed by atoms with E-state index in [0.717, 1.165) is 64.2 Å². The largest absolute Gasteiger partial charge is 0.276 e. The standard InChI is InChI=1S/C29H31ClN4S/c1-19(2)16-22-14-12-21(13-15-22)8-4-5-9-23-17-25-28(24-10-6-7-11-26(24)30)31-18-27-33-32-20(3)34(27)29(25)35-23/h6-7,10-15,17,19H,4-5,8-9,16,18H2,1-3H3. The lowest BCUT2D eigenvalue weighted by Gasteiger charge is -2.08. The van der Waals surface area contributed by atoms with Crippen LogP contribution in [-0.4, -0.2) is 20.5 Å². The van der Waals surface area contributed by atoms with Gasteiger partial charge >= 0.3 is 0 Å². The van der Waals surface area contributed by atoms with E-state index in [-0.39, 0.29) is 0 Å². The molecular formula is C29H31ClN4S. The van der Waals surface area contributed by atoms with Crippen molar-refractivity contribution in [2.45, 2.75) is 59.4 Å². The second-order valence-electron chi connectivity index (χ2n) is 9.70. The molecule has 0 saturated carbocycles. The number of benzene rings is 2. The summed E-state index contributed by atoms with van der Waals surface area (Å²) in [5, 5.41) is 10.6. The zero-order valence-corrected chi connectivity index (χ0v) is 22.2. The molecule has 1 aliphatic rings. The molecule has 1 aliphatic heterocycles. The first-order valence-corrected chi connectivity index (χ1v) is 13.6. The predicted molar refractivity (Wildman–Crippen MR) is 146 cm³/mol. The maximum atomic E-state index is 6.58. The lowest BCUT2D eigenvalue weighted by atomic mass is 9.99. The van der Waals surface area contributed by atoms with Crippen LogP contribution in [0.5, 0.6) is 0 Å². The minimum Gasteiger partial charge on any atom is -0.276 e. The molecule has 0 atom stereocenters. The lowest BCUT2D eigenvalue weighted by Crippen LogP contribution is -2.05. The first kappa shape index (κ1) is 24.0. The molecule has 0 radical (unpaired) electrons. The van der Waals surface area contributed by atoms with Gasteiger partial charge in [0.1, 0.15) is 17.4 Å². The fourth-order valence-electron chi connectivity index (χ4n) is 4.72. The van der Waals surface area contributed by atoms with Crippen LogP contribution in [0.25, 0.3) is 5.00 Å². The van der Waals surface area contributed by atoms with Crippen LogP contribution in [0, 0.1) is 12.8 Å². The molecule has 4 nitrogen and oxygen atoms in total. The highest BCUT2D eigenvalue weighted by Gasteiger charge is 2.25. The molecule has 0 N–H and O–H groups in total. The van der Waals surface area contributed by atoms with Gasteiger partial charge in [0.2, 0.25) is 0 Å². The van der Waals surface area contributed by atoms with Gasteiger partial charge in [-0.15, -0.1) is 21.5 Å². The molecule has 6 heteroatoms. The number of aryl methyl sites for hydroxylation is 3. The van der Waals surface area contributed by atoms with E-state index in [1.807, 2.05) is 42.5 Å². The number of thiophene rings is 1. The topological polar surface area (TPSA) is 43.1 Å². The van der Waals surface area contributed by atoms with E-state index in [9.17, 15) is 0 Å². The van der Waals surface area contributed by atoms with Crippen molar-refractivity contribution in [1.82, 2.24) is 14.8 Å². The quantitative estimate of drug-likeness (QED) is 0.235. The molecule has 0 unspecified atom stereocenters.